The molecule has 1 amide bonds. The average molecular weight is 282 g/mol. The van der Waals surface area contributed by atoms with Crippen molar-refractivity contribution in [3.8, 4) is 0 Å². The molecule has 0 aliphatic carbocycles. The van der Waals surface area contributed by atoms with Gasteiger partial charge in [-0.3, -0.25) is 4.79 Å². The largest absolute Gasteiger partial charge is 0.313 e. The molecule has 1 atom stereocenters. The van der Waals surface area contributed by atoms with Gasteiger partial charge in [-0.2, -0.15) is 0 Å². The summed E-state index contributed by atoms with van der Waals surface area (Å²) in [6.07, 6.45) is 1.86. The highest BCUT2D eigenvalue weighted by atomic mass is 32.2. The summed E-state index contributed by atoms with van der Waals surface area (Å²) in [4.78, 5) is 13.7. The molecule has 19 heavy (non-hydrogen) atoms. The molecule has 0 saturated carbocycles. The van der Waals surface area contributed by atoms with Gasteiger partial charge in [0.25, 0.3) is 0 Å². The van der Waals surface area contributed by atoms with Crippen LogP contribution in [0.2, 0.25) is 0 Å². The Labute approximate surface area is 113 Å². The normalized spacial score (nSPS) is 19.1. The Morgan fingerprint density at radius 2 is 2.11 bits per heavy atom. The van der Waals surface area contributed by atoms with E-state index in [0.29, 0.717) is 6.54 Å². The summed E-state index contributed by atoms with van der Waals surface area (Å²) in [5, 5.41) is 3.21. The van der Waals surface area contributed by atoms with Crippen molar-refractivity contribution in [3.63, 3.8) is 0 Å². The molecule has 0 fully saturated rings. The van der Waals surface area contributed by atoms with Gasteiger partial charge in [0.1, 0.15) is 5.75 Å². The maximum atomic E-state index is 12.1. The molecule has 0 aromatic heterocycles. The minimum absolute atomic E-state index is 0.207. The van der Waals surface area contributed by atoms with Crippen molar-refractivity contribution < 1.29 is 13.2 Å². The fraction of sp³-hybridized carbons (Fsp3) is 0.462. The van der Waals surface area contributed by atoms with Crippen LogP contribution in [0, 0.1) is 0 Å². The van der Waals surface area contributed by atoms with Crippen LogP contribution in [0.4, 0.5) is 5.69 Å². The summed E-state index contributed by atoms with van der Waals surface area (Å²) < 4.78 is 22.5. The van der Waals surface area contributed by atoms with Gasteiger partial charge in [0.2, 0.25) is 5.91 Å². The Morgan fingerprint density at radius 3 is 2.74 bits per heavy atom. The van der Waals surface area contributed by atoms with E-state index < -0.39 is 15.6 Å². The summed E-state index contributed by atoms with van der Waals surface area (Å²) in [5.41, 5.74) is 1.85. The fourth-order valence-corrected chi connectivity index (χ4v) is 3.03. The number of hydrogen-bond donors (Lipinski definition) is 1. The number of para-hydroxylation sites is 1. The van der Waals surface area contributed by atoms with E-state index in [1.807, 2.05) is 31.3 Å². The smallest absolute Gasteiger partial charge is 0.242 e. The number of nitrogens with zero attached hydrogens (tertiary/aromatic N) is 1. The Morgan fingerprint density at radius 1 is 1.42 bits per heavy atom. The van der Waals surface area contributed by atoms with Crippen LogP contribution in [0.3, 0.4) is 0 Å². The van der Waals surface area contributed by atoms with E-state index in [1.165, 1.54) is 0 Å². The second-order valence-electron chi connectivity index (χ2n) is 4.80. The predicted molar refractivity (Wildman–Crippen MR) is 74.9 cm³/mol. The third-order valence-electron chi connectivity index (χ3n) is 3.28. The highest BCUT2D eigenvalue weighted by Gasteiger charge is 2.28. The van der Waals surface area contributed by atoms with Crippen LogP contribution in [0.5, 0.6) is 0 Å². The summed E-state index contributed by atoms with van der Waals surface area (Å²) in [5.74, 6) is -0.796. The first-order chi connectivity index (χ1) is 8.92. The molecule has 0 saturated heterocycles. The number of fused-ring (bicyclic) bond motifs is 1. The van der Waals surface area contributed by atoms with Gasteiger partial charge in [0.05, 0.1) is 0 Å². The van der Waals surface area contributed by atoms with Crippen molar-refractivity contribution in [3.05, 3.63) is 29.8 Å². The van der Waals surface area contributed by atoms with Gasteiger partial charge in [-0.1, -0.05) is 18.2 Å². The molecule has 1 aliphatic heterocycles. The van der Waals surface area contributed by atoms with Crippen LogP contribution >= 0.6 is 0 Å². The lowest BCUT2D eigenvalue weighted by Gasteiger charge is -2.34. The SMILES string of the molecule is CNC1CCN(C(=O)CS(C)(=O)=O)c2ccccc21. The topological polar surface area (TPSA) is 66.5 Å². The first kappa shape index (κ1) is 14.0. The van der Waals surface area contributed by atoms with Gasteiger partial charge in [0.15, 0.2) is 9.84 Å². The molecule has 6 heteroatoms. The first-order valence-corrected chi connectivity index (χ1v) is 8.22. The van der Waals surface area contributed by atoms with Crippen molar-refractivity contribution in [1.29, 1.82) is 0 Å². The van der Waals surface area contributed by atoms with Gasteiger partial charge in [-0.15, -0.1) is 0 Å². The molecule has 1 aromatic carbocycles. The fourth-order valence-electron chi connectivity index (χ4n) is 2.42. The predicted octanol–water partition coefficient (Wildman–Crippen LogP) is 0.728. The Bertz CT molecular complexity index is 583. The number of carbonyl (C=O) groups excluding carboxylic acids is 1. The van der Waals surface area contributed by atoms with Crippen molar-refractivity contribution >= 4 is 21.4 Å². The van der Waals surface area contributed by atoms with Gasteiger partial charge in [-0.05, 0) is 25.1 Å². The lowest BCUT2D eigenvalue weighted by molar-refractivity contribution is -0.116. The first-order valence-electron chi connectivity index (χ1n) is 6.16. The minimum Gasteiger partial charge on any atom is -0.313 e. The molecule has 1 aliphatic rings. The van der Waals surface area contributed by atoms with Crippen molar-refractivity contribution in [2.45, 2.75) is 12.5 Å². The third-order valence-corrected chi connectivity index (χ3v) is 4.05. The number of anilines is 1. The molecular formula is C13H18N2O3S. The maximum Gasteiger partial charge on any atom is 0.242 e. The molecule has 1 heterocycles. The number of nitrogens with one attached hydrogen (secondary N) is 1. The summed E-state index contributed by atoms with van der Waals surface area (Å²) >= 11 is 0. The second kappa shape index (κ2) is 5.30. The van der Waals surface area contributed by atoms with E-state index in [-0.39, 0.29) is 11.9 Å². The monoisotopic (exact) mass is 282 g/mol. The molecule has 5 nitrogen and oxygen atoms in total. The van der Waals surface area contributed by atoms with E-state index in [1.54, 1.807) is 4.90 Å². The quantitative estimate of drug-likeness (QED) is 0.887. The van der Waals surface area contributed by atoms with Gasteiger partial charge in [0, 0.05) is 24.5 Å². The number of benzene rings is 1. The standard InChI is InChI=1S/C13H18N2O3S/c1-14-11-7-8-15(13(16)9-19(2,17)18)12-6-4-3-5-10(11)12/h3-6,11,14H,7-9H2,1-2H3. The zero-order valence-corrected chi connectivity index (χ0v) is 11.9. The molecule has 1 unspecified atom stereocenters. The lowest BCUT2D eigenvalue weighted by atomic mass is 9.96. The second-order valence-corrected chi connectivity index (χ2v) is 6.94. The van der Waals surface area contributed by atoms with Crippen molar-refractivity contribution in [1.82, 2.24) is 5.32 Å². The average Bonchev–Trinajstić information content (AvgIpc) is 2.35. The summed E-state index contributed by atoms with van der Waals surface area (Å²) in [7, 11) is -1.42. The van der Waals surface area contributed by atoms with Gasteiger partial charge in [-0.25, -0.2) is 8.42 Å². The third kappa shape index (κ3) is 3.13. The van der Waals surface area contributed by atoms with Crippen molar-refractivity contribution in [2.75, 3.05) is 30.5 Å². The highest BCUT2D eigenvalue weighted by molar-refractivity contribution is 7.91. The van der Waals surface area contributed by atoms with Crippen LogP contribution in [-0.4, -0.2) is 39.9 Å². The number of amides is 1. The molecule has 104 valence electrons. The molecular weight excluding hydrogens is 264 g/mol. The Hall–Kier alpha value is -1.40. The molecule has 1 N–H and O–H groups in total. The van der Waals surface area contributed by atoms with E-state index in [0.717, 1.165) is 23.9 Å². The minimum atomic E-state index is -3.30. The number of carbonyl (C=O) groups is 1. The lowest BCUT2D eigenvalue weighted by Crippen LogP contribution is -2.41. The number of rotatable bonds is 3. The molecule has 0 bridgehead atoms. The molecule has 1 aromatic rings. The molecule has 0 radical (unpaired) electrons. The van der Waals surface area contributed by atoms with E-state index in [9.17, 15) is 13.2 Å². The summed E-state index contributed by atoms with van der Waals surface area (Å²) in [6, 6.07) is 7.82. The maximum absolute atomic E-state index is 12.1. The molecule has 0 spiro atoms. The van der Waals surface area contributed by atoms with E-state index >= 15 is 0 Å². The van der Waals surface area contributed by atoms with Crippen LogP contribution in [0.25, 0.3) is 0 Å². The number of hydrogen-bond acceptors (Lipinski definition) is 4. The highest BCUT2D eigenvalue weighted by Crippen LogP contribution is 2.33. The Kier molecular flexibility index (Phi) is 3.91. The number of sulfone groups is 1. The van der Waals surface area contributed by atoms with Gasteiger partial charge < -0.3 is 10.2 Å². The van der Waals surface area contributed by atoms with Crippen molar-refractivity contribution in [2.24, 2.45) is 0 Å². The molecule has 2 rings (SSSR count). The van der Waals surface area contributed by atoms with E-state index in [4.69, 9.17) is 0 Å². The van der Waals surface area contributed by atoms with Crippen LogP contribution < -0.4 is 10.2 Å². The van der Waals surface area contributed by atoms with Crippen LogP contribution in [0.1, 0.15) is 18.0 Å². The summed E-state index contributed by atoms with van der Waals surface area (Å²) in [6.45, 7) is 0.539. The van der Waals surface area contributed by atoms with E-state index in [2.05, 4.69) is 5.32 Å². The zero-order valence-electron chi connectivity index (χ0n) is 11.1. The zero-order chi connectivity index (χ0) is 14.0. The van der Waals surface area contributed by atoms with Crippen LogP contribution in [-0.2, 0) is 14.6 Å². The van der Waals surface area contributed by atoms with Crippen LogP contribution in [0.15, 0.2) is 24.3 Å². The van der Waals surface area contributed by atoms with Gasteiger partial charge >= 0.3 is 0 Å². The Balaban J connectivity index is 2.32.